The van der Waals surface area contributed by atoms with Crippen LogP contribution in [-0.2, 0) is 11.2 Å². The van der Waals surface area contributed by atoms with Crippen LogP contribution in [0.5, 0.6) is 0 Å². The molecule has 1 fully saturated rings. The molecule has 0 atom stereocenters. The molecule has 16 heavy (non-hydrogen) atoms. The Morgan fingerprint density at radius 3 is 2.81 bits per heavy atom. The zero-order valence-corrected chi connectivity index (χ0v) is 10.1. The second kappa shape index (κ2) is 5.46. The van der Waals surface area contributed by atoms with E-state index in [0.717, 1.165) is 31.2 Å². The highest BCUT2D eigenvalue weighted by atomic mass is 32.1. The lowest BCUT2D eigenvalue weighted by molar-refractivity contribution is -0.121. The van der Waals surface area contributed by atoms with Gasteiger partial charge in [-0.3, -0.25) is 4.79 Å². The number of carbonyl (C=O) groups excluding carboxylic acids is 1. The predicted molar refractivity (Wildman–Crippen MR) is 66.4 cm³/mol. The number of hydrogen-bond donors (Lipinski definition) is 2. The van der Waals surface area contributed by atoms with Crippen LogP contribution >= 0.6 is 11.3 Å². The third kappa shape index (κ3) is 3.32. The molecule has 0 radical (unpaired) electrons. The third-order valence-electron chi connectivity index (χ3n) is 3.08. The molecule has 3 nitrogen and oxygen atoms in total. The summed E-state index contributed by atoms with van der Waals surface area (Å²) >= 11 is 1.63. The number of hydrogen-bond acceptors (Lipinski definition) is 3. The molecule has 1 saturated carbocycles. The minimum Gasteiger partial charge on any atom is -0.353 e. The molecule has 0 bridgehead atoms. The molecular formula is C12H18N2OS. The molecule has 1 amide bonds. The zero-order valence-electron chi connectivity index (χ0n) is 9.32. The molecule has 1 aromatic rings. The first kappa shape index (κ1) is 11.6. The van der Waals surface area contributed by atoms with Gasteiger partial charge in [-0.1, -0.05) is 0 Å². The standard InChI is InChI=1S/C12H18N2OS/c13-10-1-3-11(4-2-10)14-12(15)7-9-5-6-16-8-9/h5-6,8,10-11H,1-4,7,13H2,(H,14,15). The Bertz CT molecular complexity index is 329. The van der Waals surface area contributed by atoms with Gasteiger partial charge < -0.3 is 11.1 Å². The summed E-state index contributed by atoms with van der Waals surface area (Å²) in [5.41, 5.74) is 6.93. The molecule has 1 aliphatic rings. The van der Waals surface area contributed by atoms with Gasteiger partial charge in [0.15, 0.2) is 0 Å². The maximum Gasteiger partial charge on any atom is 0.224 e. The average molecular weight is 238 g/mol. The first-order valence-corrected chi connectivity index (χ1v) is 6.74. The van der Waals surface area contributed by atoms with Crippen molar-refractivity contribution in [1.82, 2.24) is 5.32 Å². The van der Waals surface area contributed by atoms with Gasteiger partial charge in [0.25, 0.3) is 0 Å². The van der Waals surface area contributed by atoms with Crippen molar-refractivity contribution in [2.75, 3.05) is 0 Å². The minimum atomic E-state index is 0.138. The molecule has 0 aliphatic heterocycles. The fraction of sp³-hybridized carbons (Fsp3) is 0.583. The molecule has 0 spiro atoms. The molecule has 1 aromatic heterocycles. The highest BCUT2D eigenvalue weighted by molar-refractivity contribution is 7.07. The van der Waals surface area contributed by atoms with Crippen molar-refractivity contribution in [2.24, 2.45) is 5.73 Å². The number of carbonyl (C=O) groups is 1. The van der Waals surface area contributed by atoms with Gasteiger partial charge in [0.05, 0.1) is 6.42 Å². The lowest BCUT2D eigenvalue weighted by atomic mass is 9.92. The number of rotatable bonds is 3. The Morgan fingerprint density at radius 2 is 2.19 bits per heavy atom. The van der Waals surface area contributed by atoms with E-state index in [1.807, 2.05) is 16.8 Å². The first-order chi connectivity index (χ1) is 7.74. The number of thiophene rings is 1. The summed E-state index contributed by atoms with van der Waals surface area (Å²) in [6.07, 6.45) is 4.62. The van der Waals surface area contributed by atoms with Crippen LogP contribution in [0.4, 0.5) is 0 Å². The van der Waals surface area contributed by atoms with E-state index in [9.17, 15) is 4.79 Å². The quantitative estimate of drug-likeness (QED) is 0.841. The van der Waals surface area contributed by atoms with Gasteiger partial charge in [0, 0.05) is 12.1 Å². The molecule has 88 valence electrons. The maximum absolute atomic E-state index is 11.7. The van der Waals surface area contributed by atoms with Gasteiger partial charge in [-0.15, -0.1) is 0 Å². The molecule has 2 rings (SSSR count). The molecule has 1 aliphatic carbocycles. The van der Waals surface area contributed by atoms with Gasteiger partial charge in [0.1, 0.15) is 0 Å². The Labute approximate surface area is 100 Å². The lowest BCUT2D eigenvalue weighted by Gasteiger charge is -2.26. The van der Waals surface area contributed by atoms with Crippen LogP contribution in [0.15, 0.2) is 16.8 Å². The largest absolute Gasteiger partial charge is 0.353 e. The van der Waals surface area contributed by atoms with E-state index in [0.29, 0.717) is 18.5 Å². The number of nitrogens with one attached hydrogen (secondary N) is 1. The molecule has 4 heteroatoms. The van der Waals surface area contributed by atoms with E-state index in [4.69, 9.17) is 5.73 Å². The highest BCUT2D eigenvalue weighted by Crippen LogP contribution is 2.17. The van der Waals surface area contributed by atoms with Crippen LogP contribution in [0, 0.1) is 0 Å². The van der Waals surface area contributed by atoms with Gasteiger partial charge in [-0.2, -0.15) is 11.3 Å². The Balaban J connectivity index is 1.75. The molecule has 0 unspecified atom stereocenters. The molecule has 3 N–H and O–H groups in total. The van der Waals surface area contributed by atoms with Crippen molar-refractivity contribution < 1.29 is 4.79 Å². The Hall–Kier alpha value is -0.870. The molecule has 1 heterocycles. The second-order valence-electron chi connectivity index (χ2n) is 4.49. The van der Waals surface area contributed by atoms with Crippen molar-refractivity contribution >= 4 is 17.2 Å². The van der Waals surface area contributed by atoms with Gasteiger partial charge in [-0.25, -0.2) is 0 Å². The van der Waals surface area contributed by atoms with Crippen molar-refractivity contribution in [3.63, 3.8) is 0 Å². The van der Waals surface area contributed by atoms with E-state index in [1.165, 1.54) is 0 Å². The smallest absolute Gasteiger partial charge is 0.224 e. The van der Waals surface area contributed by atoms with E-state index in [-0.39, 0.29) is 5.91 Å². The van der Waals surface area contributed by atoms with Crippen LogP contribution in [0.3, 0.4) is 0 Å². The second-order valence-corrected chi connectivity index (χ2v) is 5.27. The van der Waals surface area contributed by atoms with Crippen molar-refractivity contribution in [1.29, 1.82) is 0 Å². The average Bonchev–Trinajstić information content (AvgIpc) is 2.74. The fourth-order valence-electron chi connectivity index (χ4n) is 2.12. The van der Waals surface area contributed by atoms with E-state index in [2.05, 4.69) is 5.32 Å². The number of nitrogens with two attached hydrogens (primary N) is 1. The van der Waals surface area contributed by atoms with Gasteiger partial charge in [-0.05, 0) is 48.1 Å². The lowest BCUT2D eigenvalue weighted by Crippen LogP contribution is -2.41. The molecular weight excluding hydrogens is 220 g/mol. The zero-order chi connectivity index (χ0) is 11.4. The van der Waals surface area contributed by atoms with Crippen molar-refractivity contribution in [3.05, 3.63) is 22.4 Å². The van der Waals surface area contributed by atoms with Crippen LogP contribution in [0.1, 0.15) is 31.2 Å². The normalized spacial score (nSPS) is 25.3. The van der Waals surface area contributed by atoms with Gasteiger partial charge in [0.2, 0.25) is 5.91 Å². The Kier molecular flexibility index (Phi) is 3.96. The molecule has 0 saturated heterocycles. The summed E-state index contributed by atoms with van der Waals surface area (Å²) in [6, 6.07) is 2.68. The SMILES string of the molecule is NC1CCC(NC(=O)Cc2ccsc2)CC1. The summed E-state index contributed by atoms with van der Waals surface area (Å²) in [4.78, 5) is 11.7. The van der Waals surface area contributed by atoms with Gasteiger partial charge >= 0.3 is 0 Å². The van der Waals surface area contributed by atoms with E-state index in [1.54, 1.807) is 11.3 Å². The Morgan fingerprint density at radius 1 is 1.44 bits per heavy atom. The van der Waals surface area contributed by atoms with Crippen molar-refractivity contribution in [2.45, 2.75) is 44.2 Å². The van der Waals surface area contributed by atoms with E-state index < -0.39 is 0 Å². The monoisotopic (exact) mass is 238 g/mol. The summed E-state index contributed by atoms with van der Waals surface area (Å²) in [6.45, 7) is 0. The summed E-state index contributed by atoms with van der Waals surface area (Å²) in [7, 11) is 0. The van der Waals surface area contributed by atoms with Crippen LogP contribution in [0.25, 0.3) is 0 Å². The van der Waals surface area contributed by atoms with Crippen molar-refractivity contribution in [3.8, 4) is 0 Å². The minimum absolute atomic E-state index is 0.138. The fourth-order valence-corrected chi connectivity index (χ4v) is 2.79. The predicted octanol–water partition coefficient (Wildman–Crippen LogP) is 1.68. The van der Waals surface area contributed by atoms with Crippen LogP contribution in [-0.4, -0.2) is 18.0 Å². The van der Waals surface area contributed by atoms with Crippen LogP contribution < -0.4 is 11.1 Å². The summed E-state index contributed by atoms with van der Waals surface area (Å²) in [5, 5.41) is 7.11. The maximum atomic E-state index is 11.7. The summed E-state index contributed by atoms with van der Waals surface area (Å²) < 4.78 is 0. The van der Waals surface area contributed by atoms with E-state index >= 15 is 0 Å². The highest BCUT2D eigenvalue weighted by Gasteiger charge is 2.19. The van der Waals surface area contributed by atoms with Crippen LogP contribution in [0.2, 0.25) is 0 Å². The number of amides is 1. The molecule has 0 aromatic carbocycles. The third-order valence-corrected chi connectivity index (χ3v) is 3.81. The first-order valence-electron chi connectivity index (χ1n) is 5.80. The summed E-state index contributed by atoms with van der Waals surface area (Å²) in [5.74, 6) is 0.138. The topological polar surface area (TPSA) is 55.1 Å².